The third-order valence-corrected chi connectivity index (χ3v) is 3.14. The molecule has 0 bridgehead atoms. The molecule has 1 atom stereocenters. The second-order valence-electron chi connectivity index (χ2n) is 3.83. The number of carbonyl (C=O) groups excluding carboxylic acids is 1. The summed E-state index contributed by atoms with van der Waals surface area (Å²) in [6, 6.07) is 4.78. The Morgan fingerprint density at radius 3 is 2.80 bits per heavy atom. The summed E-state index contributed by atoms with van der Waals surface area (Å²) in [6.07, 6.45) is 0.885. The van der Waals surface area contributed by atoms with Gasteiger partial charge >= 0.3 is 5.97 Å². The molecule has 0 saturated carbocycles. The lowest BCUT2D eigenvalue weighted by Gasteiger charge is -2.23. The van der Waals surface area contributed by atoms with Gasteiger partial charge in [-0.05, 0) is 19.1 Å². The van der Waals surface area contributed by atoms with Crippen LogP contribution in [0.4, 0.5) is 4.39 Å². The van der Waals surface area contributed by atoms with Crippen molar-refractivity contribution in [2.45, 2.75) is 25.4 Å². The summed E-state index contributed by atoms with van der Waals surface area (Å²) in [6.45, 7) is 1.74. The Morgan fingerprint density at radius 2 is 2.27 bits per heavy atom. The zero-order valence-electron chi connectivity index (χ0n) is 8.22. The quantitative estimate of drug-likeness (QED) is 0.735. The summed E-state index contributed by atoms with van der Waals surface area (Å²) in [5.74, 6) is -0.610. The Bertz CT molecular complexity index is 419. The predicted octanol–water partition coefficient (Wildman–Crippen LogP) is 3.14. The summed E-state index contributed by atoms with van der Waals surface area (Å²) in [7, 11) is 0. The van der Waals surface area contributed by atoms with Crippen LogP contribution in [0, 0.1) is 5.82 Å². The van der Waals surface area contributed by atoms with E-state index in [1.165, 1.54) is 6.07 Å². The molecule has 15 heavy (non-hydrogen) atoms. The van der Waals surface area contributed by atoms with Gasteiger partial charge in [0.25, 0.3) is 0 Å². The van der Waals surface area contributed by atoms with Gasteiger partial charge in [0.05, 0.1) is 0 Å². The molecule has 0 aromatic heterocycles. The van der Waals surface area contributed by atoms with Gasteiger partial charge in [-0.25, -0.2) is 4.39 Å². The van der Waals surface area contributed by atoms with E-state index in [-0.39, 0.29) is 11.8 Å². The summed E-state index contributed by atoms with van der Waals surface area (Å²) in [5.41, 5.74) is -0.362. The van der Waals surface area contributed by atoms with Crippen LogP contribution in [0.1, 0.15) is 25.3 Å². The van der Waals surface area contributed by atoms with Gasteiger partial charge in [0.15, 0.2) is 0 Å². The van der Waals surface area contributed by atoms with Crippen molar-refractivity contribution in [3.8, 4) is 0 Å². The van der Waals surface area contributed by atoms with Gasteiger partial charge in [-0.1, -0.05) is 22.0 Å². The molecule has 1 aromatic carbocycles. The Morgan fingerprint density at radius 1 is 1.53 bits per heavy atom. The molecular weight excluding hydrogens is 263 g/mol. The number of cyclic esters (lactones) is 1. The van der Waals surface area contributed by atoms with Crippen molar-refractivity contribution in [1.82, 2.24) is 0 Å². The fourth-order valence-electron chi connectivity index (χ4n) is 1.80. The van der Waals surface area contributed by atoms with Crippen LogP contribution in [-0.2, 0) is 15.1 Å². The molecule has 1 aromatic rings. The summed E-state index contributed by atoms with van der Waals surface area (Å²) >= 11 is 3.19. The number of rotatable bonds is 1. The van der Waals surface area contributed by atoms with Gasteiger partial charge in [-0.15, -0.1) is 0 Å². The first-order valence-corrected chi connectivity index (χ1v) is 5.48. The lowest BCUT2D eigenvalue weighted by Crippen LogP contribution is -2.22. The first kappa shape index (κ1) is 10.6. The van der Waals surface area contributed by atoms with Gasteiger partial charge in [-0.3, -0.25) is 4.79 Å². The third kappa shape index (κ3) is 1.91. The van der Waals surface area contributed by atoms with Crippen molar-refractivity contribution in [2.24, 2.45) is 0 Å². The zero-order valence-corrected chi connectivity index (χ0v) is 9.80. The number of ether oxygens (including phenoxy) is 1. The molecule has 1 aliphatic heterocycles. The van der Waals surface area contributed by atoms with Crippen molar-refractivity contribution >= 4 is 21.9 Å². The maximum atomic E-state index is 13.7. The monoisotopic (exact) mass is 272 g/mol. The molecule has 80 valence electrons. The lowest BCUT2D eigenvalue weighted by atomic mass is 9.92. The van der Waals surface area contributed by atoms with Crippen LogP contribution in [-0.4, -0.2) is 5.97 Å². The van der Waals surface area contributed by atoms with Crippen molar-refractivity contribution in [1.29, 1.82) is 0 Å². The van der Waals surface area contributed by atoms with Gasteiger partial charge < -0.3 is 4.74 Å². The first-order chi connectivity index (χ1) is 7.01. The van der Waals surface area contributed by atoms with Crippen LogP contribution in [0.5, 0.6) is 0 Å². The minimum absolute atomic E-state index is 0.264. The van der Waals surface area contributed by atoms with Crippen LogP contribution in [0.25, 0.3) is 0 Å². The number of esters is 1. The largest absolute Gasteiger partial charge is 0.454 e. The maximum Gasteiger partial charge on any atom is 0.306 e. The molecule has 1 heterocycles. The Labute approximate surface area is 95.6 Å². The molecule has 0 radical (unpaired) electrons. The highest BCUT2D eigenvalue weighted by atomic mass is 79.9. The maximum absolute atomic E-state index is 13.7. The Hall–Kier alpha value is -0.900. The Balaban J connectivity index is 2.41. The fourth-order valence-corrected chi connectivity index (χ4v) is 2.14. The number of carbonyl (C=O) groups is 1. The topological polar surface area (TPSA) is 26.3 Å². The molecule has 0 aliphatic carbocycles. The Kier molecular flexibility index (Phi) is 2.54. The van der Waals surface area contributed by atoms with E-state index < -0.39 is 5.60 Å². The normalized spacial score (nSPS) is 25.4. The molecule has 1 aliphatic rings. The van der Waals surface area contributed by atoms with E-state index >= 15 is 0 Å². The third-order valence-electron chi connectivity index (χ3n) is 2.65. The predicted molar refractivity (Wildman–Crippen MR) is 56.8 cm³/mol. The number of benzene rings is 1. The minimum Gasteiger partial charge on any atom is -0.454 e. The van der Waals surface area contributed by atoms with E-state index in [0.717, 1.165) is 0 Å². The highest BCUT2D eigenvalue weighted by molar-refractivity contribution is 9.10. The van der Waals surface area contributed by atoms with Crippen LogP contribution in [0.15, 0.2) is 22.7 Å². The molecule has 4 heteroatoms. The fraction of sp³-hybridized carbons (Fsp3) is 0.364. The number of hydrogen-bond donors (Lipinski definition) is 0. The molecule has 1 fully saturated rings. The van der Waals surface area contributed by atoms with Crippen LogP contribution < -0.4 is 0 Å². The van der Waals surface area contributed by atoms with E-state index in [9.17, 15) is 9.18 Å². The second kappa shape index (κ2) is 3.59. The average Bonchev–Trinajstić information content (AvgIpc) is 2.46. The van der Waals surface area contributed by atoms with E-state index in [2.05, 4.69) is 15.9 Å². The summed E-state index contributed by atoms with van der Waals surface area (Å²) in [4.78, 5) is 11.1. The van der Waals surface area contributed by atoms with Gasteiger partial charge in [0.2, 0.25) is 0 Å². The molecule has 1 unspecified atom stereocenters. The van der Waals surface area contributed by atoms with Crippen LogP contribution in [0.2, 0.25) is 0 Å². The first-order valence-electron chi connectivity index (χ1n) is 4.69. The SMILES string of the molecule is CC1(c2ccc(Br)cc2F)CCC(=O)O1. The minimum atomic E-state index is -0.804. The number of halogens is 2. The molecule has 0 amide bonds. The van der Waals surface area contributed by atoms with Crippen LogP contribution in [0.3, 0.4) is 0 Å². The molecular formula is C11H10BrFO2. The second-order valence-corrected chi connectivity index (χ2v) is 4.74. The molecule has 1 saturated heterocycles. The average molecular weight is 273 g/mol. The molecule has 0 N–H and O–H groups in total. The van der Waals surface area contributed by atoms with Gasteiger partial charge in [-0.2, -0.15) is 0 Å². The van der Waals surface area contributed by atoms with E-state index in [4.69, 9.17) is 4.74 Å². The summed E-state index contributed by atoms with van der Waals surface area (Å²) < 4.78 is 19.5. The standard InChI is InChI=1S/C11H10BrFO2/c1-11(5-4-10(14)15-11)8-3-2-7(12)6-9(8)13/h2-3,6H,4-5H2,1H3. The van der Waals surface area contributed by atoms with Crippen molar-refractivity contribution in [3.05, 3.63) is 34.1 Å². The smallest absolute Gasteiger partial charge is 0.306 e. The molecule has 2 nitrogen and oxygen atoms in total. The van der Waals surface area contributed by atoms with E-state index in [1.54, 1.807) is 19.1 Å². The molecule has 2 rings (SSSR count). The number of hydrogen-bond acceptors (Lipinski definition) is 2. The van der Waals surface area contributed by atoms with Crippen molar-refractivity contribution in [3.63, 3.8) is 0 Å². The highest BCUT2D eigenvalue weighted by Crippen LogP contribution is 2.38. The van der Waals surface area contributed by atoms with Crippen LogP contribution >= 0.6 is 15.9 Å². The zero-order chi connectivity index (χ0) is 11.1. The van der Waals surface area contributed by atoms with Gasteiger partial charge in [0, 0.05) is 22.9 Å². The van der Waals surface area contributed by atoms with Gasteiger partial charge in [0.1, 0.15) is 11.4 Å². The lowest BCUT2D eigenvalue weighted by molar-refractivity contribution is -0.148. The van der Waals surface area contributed by atoms with E-state index in [1.807, 2.05) is 0 Å². The van der Waals surface area contributed by atoms with Crippen molar-refractivity contribution < 1.29 is 13.9 Å². The van der Waals surface area contributed by atoms with Crippen molar-refractivity contribution in [2.75, 3.05) is 0 Å². The molecule has 0 spiro atoms. The summed E-state index contributed by atoms with van der Waals surface area (Å²) in [5, 5.41) is 0. The highest BCUT2D eigenvalue weighted by Gasteiger charge is 2.39. The van der Waals surface area contributed by atoms with E-state index in [0.29, 0.717) is 22.9 Å².